The first-order valence-electron chi connectivity index (χ1n) is 7.14. The van der Waals surface area contributed by atoms with Crippen LogP contribution in [0.1, 0.15) is 23.1 Å². The van der Waals surface area contributed by atoms with Gasteiger partial charge in [0.2, 0.25) is 0 Å². The van der Waals surface area contributed by atoms with E-state index in [-0.39, 0.29) is 11.6 Å². The van der Waals surface area contributed by atoms with Gasteiger partial charge in [-0.05, 0) is 49.4 Å². The van der Waals surface area contributed by atoms with Crippen molar-refractivity contribution < 1.29 is 14.2 Å². The van der Waals surface area contributed by atoms with Crippen LogP contribution in [0, 0.1) is 12.7 Å². The van der Waals surface area contributed by atoms with Gasteiger partial charge >= 0.3 is 0 Å². The zero-order chi connectivity index (χ0) is 15.2. The molecule has 1 unspecified atom stereocenters. The van der Waals surface area contributed by atoms with Crippen molar-refractivity contribution in [2.24, 2.45) is 0 Å². The van der Waals surface area contributed by atoms with Crippen LogP contribution in [0.25, 0.3) is 0 Å². The summed E-state index contributed by atoms with van der Waals surface area (Å²) < 4.78 is 18.5. The first-order chi connectivity index (χ1) is 10.1. The molecular formula is C18H21FO2. The van der Waals surface area contributed by atoms with E-state index in [2.05, 4.69) is 31.2 Å². The Bertz CT molecular complexity index is 578. The molecular weight excluding hydrogens is 267 g/mol. The summed E-state index contributed by atoms with van der Waals surface area (Å²) in [6, 6.07) is 13.1. The molecule has 0 aliphatic carbocycles. The predicted molar refractivity (Wildman–Crippen MR) is 82.2 cm³/mol. The van der Waals surface area contributed by atoms with Crippen LogP contribution in [-0.4, -0.2) is 18.3 Å². The Hall–Kier alpha value is -1.87. The van der Waals surface area contributed by atoms with E-state index in [0.29, 0.717) is 12.8 Å². The molecule has 2 rings (SSSR count). The quantitative estimate of drug-likeness (QED) is 0.878. The van der Waals surface area contributed by atoms with Gasteiger partial charge in [0.1, 0.15) is 0 Å². The topological polar surface area (TPSA) is 29.5 Å². The highest BCUT2D eigenvalue weighted by atomic mass is 19.1. The summed E-state index contributed by atoms with van der Waals surface area (Å²) in [5.41, 5.74) is 3.22. The number of methoxy groups -OCH3 is 1. The van der Waals surface area contributed by atoms with Crippen molar-refractivity contribution in [2.75, 3.05) is 7.11 Å². The smallest absolute Gasteiger partial charge is 0.165 e. The second kappa shape index (κ2) is 7.23. The number of ether oxygens (including phenoxy) is 1. The van der Waals surface area contributed by atoms with Crippen molar-refractivity contribution in [1.82, 2.24) is 0 Å². The average molecular weight is 288 g/mol. The Labute approximate surface area is 125 Å². The van der Waals surface area contributed by atoms with E-state index in [1.165, 1.54) is 24.3 Å². The van der Waals surface area contributed by atoms with Crippen molar-refractivity contribution in [2.45, 2.75) is 32.3 Å². The maximum atomic E-state index is 13.6. The molecule has 21 heavy (non-hydrogen) atoms. The van der Waals surface area contributed by atoms with Crippen LogP contribution in [0.5, 0.6) is 5.75 Å². The molecule has 0 bridgehead atoms. The van der Waals surface area contributed by atoms with Gasteiger partial charge in [0.25, 0.3) is 0 Å². The SMILES string of the molecule is COc1ccc(CC(O)CCc2ccc(C)cc2)cc1F. The molecule has 2 aromatic carbocycles. The van der Waals surface area contributed by atoms with E-state index < -0.39 is 6.10 Å². The van der Waals surface area contributed by atoms with Crippen LogP contribution < -0.4 is 4.74 Å². The van der Waals surface area contributed by atoms with Gasteiger partial charge in [0, 0.05) is 0 Å². The molecule has 0 saturated carbocycles. The number of hydrogen-bond acceptors (Lipinski definition) is 2. The van der Waals surface area contributed by atoms with Crippen molar-refractivity contribution in [3.8, 4) is 5.75 Å². The summed E-state index contributed by atoms with van der Waals surface area (Å²) in [5, 5.41) is 10.1. The Morgan fingerprint density at radius 3 is 2.38 bits per heavy atom. The van der Waals surface area contributed by atoms with Crippen LogP contribution >= 0.6 is 0 Å². The fraction of sp³-hybridized carbons (Fsp3) is 0.333. The van der Waals surface area contributed by atoms with E-state index in [4.69, 9.17) is 4.74 Å². The van der Waals surface area contributed by atoms with Crippen LogP contribution in [0.4, 0.5) is 4.39 Å². The maximum Gasteiger partial charge on any atom is 0.165 e. The molecule has 1 atom stereocenters. The molecule has 0 spiro atoms. The third kappa shape index (κ3) is 4.57. The summed E-state index contributed by atoms with van der Waals surface area (Å²) in [5.74, 6) is -0.159. The highest BCUT2D eigenvalue weighted by Crippen LogP contribution is 2.19. The lowest BCUT2D eigenvalue weighted by Crippen LogP contribution is -2.12. The van der Waals surface area contributed by atoms with Crippen LogP contribution in [0.3, 0.4) is 0 Å². The summed E-state index contributed by atoms with van der Waals surface area (Å²) in [6.45, 7) is 2.05. The molecule has 2 nitrogen and oxygen atoms in total. The van der Waals surface area contributed by atoms with Gasteiger partial charge in [-0.2, -0.15) is 0 Å². The lowest BCUT2D eigenvalue weighted by molar-refractivity contribution is 0.165. The fourth-order valence-electron chi connectivity index (χ4n) is 2.30. The van der Waals surface area contributed by atoms with Crippen molar-refractivity contribution in [3.63, 3.8) is 0 Å². The Morgan fingerprint density at radius 2 is 1.76 bits per heavy atom. The predicted octanol–water partition coefficient (Wildman–Crippen LogP) is 3.68. The molecule has 0 saturated heterocycles. The van der Waals surface area contributed by atoms with Crippen LogP contribution in [0.15, 0.2) is 42.5 Å². The van der Waals surface area contributed by atoms with Gasteiger partial charge in [-0.1, -0.05) is 35.9 Å². The molecule has 0 heterocycles. The van der Waals surface area contributed by atoms with Gasteiger partial charge in [-0.3, -0.25) is 0 Å². The normalized spacial score (nSPS) is 12.2. The Kier molecular flexibility index (Phi) is 5.34. The number of hydrogen-bond donors (Lipinski definition) is 1. The standard InChI is InChI=1S/C18H21FO2/c1-13-3-5-14(6-4-13)7-9-16(20)11-15-8-10-18(21-2)17(19)12-15/h3-6,8,10,12,16,20H,7,9,11H2,1-2H3. The highest BCUT2D eigenvalue weighted by molar-refractivity contribution is 5.29. The van der Waals surface area contributed by atoms with E-state index in [1.807, 2.05) is 0 Å². The largest absolute Gasteiger partial charge is 0.494 e. The number of halogens is 1. The van der Waals surface area contributed by atoms with Gasteiger partial charge in [-0.25, -0.2) is 4.39 Å². The summed E-state index contributed by atoms with van der Waals surface area (Å²) in [4.78, 5) is 0. The van der Waals surface area contributed by atoms with Crippen molar-refractivity contribution in [1.29, 1.82) is 0 Å². The van der Waals surface area contributed by atoms with Gasteiger partial charge in [0.15, 0.2) is 11.6 Å². The average Bonchev–Trinajstić information content (AvgIpc) is 2.47. The monoisotopic (exact) mass is 288 g/mol. The third-order valence-corrected chi connectivity index (χ3v) is 3.57. The number of aliphatic hydroxyl groups excluding tert-OH is 1. The molecule has 112 valence electrons. The lowest BCUT2D eigenvalue weighted by Gasteiger charge is -2.12. The zero-order valence-corrected chi connectivity index (χ0v) is 12.5. The van der Waals surface area contributed by atoms with E-state index in [0.717, 1.165) is 12.0 Å². The van der Waals surface area contributed by atoms with Crippen molar-refractivity contribution in [3.05, 3.63) is 65.0 Å². The number of benzene rings is 2. The minimum Gasteiger partial charge on any atom is -0.494 e. The Balaban J connectivity index is 1.88. The molecule has 2 aromatic rings. The van der Waals surface area contributed by atoms with Gasteiger partial charge in [-0.15, -0.1) is 0 Å². The van der Waals surface area contributed by atoms with Crippen molar-refractivity contribution >= 4 is 0 Å². The molecule has 0 aromatic heterocycles. The number of aryl methyl sites for hydroxylation is 2. The molecule has 1 N–H and O–H groups in total. The van der Waals surface area contributed by atoms with Crippen LogP contribution in [-0.2, 0) is 12.8 Å². The second-order valence-electron chi connectivity index (χ2n) is 5.35. The minimum absolute atomic E-state index is 0.230. The molecule has 0 fully saturated rings. The van der Waals surface area contributed by atoms with Crippen LogP contribution in [0.2, 0.25) is 0 Å². The summed E-state index contributed by atoms with van der Waals surface area (Å²) in [7, 11) is 1.44. The molecule has 0 radical (unpaired) electrons. The Morgan fingerprint density at radius 1 is 1.10 bits per heavy atom. The lowest BCUT2D eigenvalue weighted by atomic mass is 10.0. The molecule has 3 heteroatoms. The maximum absolute atomic E-state index is 13.6. The van der Waals surface area contributed by atoms with E-state index >= 15 is 0 Å². The summed E-state index contributed by atoms with van der Waals surface area (Å²) >= 11 is 0. The first kappa shape index (κ1) is 15.5. The third-order valence-electron chi connectivity index (χ3n) is 3.57. The highest BCUT2D eigenvalue weighted by Gasteiger charge is 2.09. The molecule has 0 amide bonds. The fourth-order valence-corrected chi connectivity index (χ4v) is 2.30. The summed E-state index contributed by atoms with van der Waals surface area (Å²) in [6.07, 6.45) is 1.46. The minimum atomic E-state index is -0.473. The zero-order valence-electron chi connectivity index (χ0n) is 12.5. The van der Waals surface area contributed by atoms with Gasteiger partial charge < -0.3 is 9.84 Å². The van der Waals surface area contributed by atoms with E-state index in [1.54, 1.807) is 12.1 Å². The van der Waals surface area contributed by atoms with E-state index in [9.17, 15) is 9.50 Å². The number of rotatable bonds is 6. The molecule has 0 aliphatic heterocycles. The van der Waals surface area contributed by atoms with Gasteiger partial charge in [0.05, 0.1) is 13.2 Å². The number of aliphatic hydroxyl groups is 1. The second-order valence-corrected chi connectivity index (χ2v) is 5.35. The molecule has 0 aliphatic rings. The first-order valence-corrected chi connectivity index (χ1v) is 7.14.